The van der Waals surface area contributed by atoms with E-state index in [9.17, 15) is 13.2 Å². The Hall–Kier alpha value is -2.29. The molecule has 2 rings (SSSR count). The highest BCUT2D eigenvalue weighted by Crippen LogP contribution is 2.19. The maximum Gasteiger partial charge on any atom is 0.261 e. The number of nitrogens with one attached hydrogen (secondary N) is 2. The molecular weight excluding hydrogens is 402 g/mol. The Kier molecular flexibility index (Phi) is 9.78. The van der Waals surface area contributed by atoms with Crippen LogP contribution in [0.3, 0.4) is 0 Å². The van der Waals surface area contributed by atoms with E-state index in [4.69, 9.17) is 10.5 Å². The number of unbranched alkanes of at least 4 members (excludes halogenated alkanes) is 1. The van der Waals surface area contributed by atoms with Gasteiger partial charge in [-0.1, -0.05) is 0 Å². The van der Waals surface area contributed by atoms with Gasteiger partial charge in [-0.05, 0) is 74.8 Å². The number of benzene rings is 2. The number of carbonyl (C=O) groups excluding carboxylic acids is 1. The molecule has 0 saturated heterocycles. The van der Waals surface area contributed by atoms with Crippen LogP contribution < -0.4 is 20.5 Å². The van der Waals surface area contributed by atoms with Crippen molar-refractivity contribution >= 4 is 34.0 Å². The molecule has 0 spiro atoms. The van der Waals surface area contributed by atoms with Gasteiger partial charge in [-0.25, -0.2) is 8.42 Å². The number of carbonyl (C=O) groups is 1. The van der Waals surface area contributed by atoms with Gasteiger partial charge in [0.15, 0.2) is 0 Å². The van der Waals surface area contributed by atoms with Crippen LogP contribution in [0.5, 0.6) is 5.75 Å². The summed E-state index contributed by atoms with van der Waals surface area (Å²) in [4.78, 5) is 12.2. The Morgan fingerprint density at radius 3 is 2.25 bits per heavy atom. The van der Waals surface area contributed by atoms with Gasteiger partial charge in [0.05, 0.1) is 11.5 Å². The zero-order valence-electron chi connectivity index (χ0n) is 15.7. The van der Waals surface area contributed by atoms with Crippen molar-refractivity contribution in [1.82, 2.24) is 5.32 Å². The molecule has 0 aliphatic carbocycles. The lowest BCUT2D eigenvalue weighted by molar-refractivity contribution is 0.0953. The predicted molar refractivity (Wildman–Crippen MR) is 113 cm³/mol. The van der Waals surface area contributed by atoms with Gasteiger partial charge in [-0.3, -0.25) is 9.52 Å². The van der Waals surface area contributed by atoms with Crippen molar-refractivity contribution < 1.29 is 17.9 Å². The molecule has 0 saturated carbocycles. The molecule has 154 valence electrons. The number of hydrogen-bond acceptors (Lipinski definition) is 5. The lowest BCUT2D eigenvalue weighted by Gasteiger charge is -2.10. The molecular formula is C19H26ClN3O4S. The van der Waals surface area contributed by atoms with Crippen LogP contribution in [0.15, 0.2) is 53.4 Å². The van der Waals surface area contributed by atoms with Crippen molar-refractivity contribution in [3.8, 4) is 5.75 Å². The third-order valence-electron chi connectivity index (χ3n) is 3.76. The second-order valence-corrected chi connectivity index (χ2v) is 7.52. The summed E-state index contributed by atoms with van der Waals surface area (Å²) in [5.41, 5.74) is 6.25. The number of halogens is 1. The number of sulfonamides is 1. The van der Waals surface area contributed by atoms with E-state index in [0.29, 0.717) is 36.7 Å². The molecule has 4 N–H and O–H groups in total. The minimum atomic E-state index is -3.72. The molecule has 0 radical (unpaired) electrons. The number of rotatable bonds is 10. The van der Waals surface area contributed by atoms with Gasteiger partial charge in [-0.2, -0.15) is 0 Å². The average Bonchev–Trinajstić information content (AvgIpc) is 2.66. The molecule has 0 bridgehead atoms. The lowest BCUT2D eigenvalue weighted by Crippen LogP contribution is -2.24. The van der Waals surface area contributed by atoms with Crippen molar-refractivity contribution in [2.45, 2.75) is 24.7 Å². The van der Waals surface area contributed by atoms with Crippen molar-refractivity contribution in [3.63, 3.8) is 0 Å². The Morgan fingerprint density at radius 2 is 1.68 bits per heavy atom. The summed E-state index contributed by atoms with van der Waals surface area (Å²) in [5, 5.41) is 2.80. The standard InChI is InChI=1S/C19H25N3O4S.ClH/c1-2-26-17-9-11-18(12-10-17)27(24,25)22-16-7-5-15(6-8-16)19(23)21-14-4-3-13-20;/h5-12,22H,2-4,13-14,20H2,1H3,(H,21,23);1H. The Bertz CT molecular complexity index is 840. The molecule has 9 heteroatoms. The topological polar surface area (TPSA) is 111 Å². The second kappa shape index (κ2) is 11.5. The third kappa shape index (κ3) is 7.03. The van der Waals surface area contributed by atoms with E-state index < -0.39 is 10.0 Å². The molecule has 7 nitrogen and oxygen atoms in total. The van der Waals surface area contributed by atoms with Crippen LogP contribution in [0.1, 0.15) is 30.1 Å². The number of amides is 1. The van der Waals surface area contributed by atoms with E-state index >= 15 is 0 Å². The van der Waals surface area contributed by atoms with Crippen LogP contribution in [0.4, 0.5) is 5.69 Å². The van der Waals surface area contributed by atoms with Gasteiger partial charge in [0.2, 0.25) is 0 Å². The van der Waals surface area contributed by atoms with Crippen LogP contribution in [-0.4, -0.2) is 34.0 Å². The molecule has 0 aliphatic heterocycles. The molecule has 2 aromatic rings. The second-order valence-electron chi connectivity index (χ2n) is 5.84. The molecule has 0 aromatic heterocycles. The SMILES string of the molecule is CCOc1ccc(S(=O)(=O)Nc2ccc(C(=O)NCCCCN)cc2)cc1.Cl. The normalized spacial score (nSPS) is 10.6. The highest BCUT2D eigenvalue weighted by Gasteiger charge is 2.14. The zero-order valence-corrected chi connectivity index (χ0v) is 17.3. The molecule has 0 atom stereocenters. The van der Waals surface area contributed by atoms with Gasteiger partial charge >= 0.3 is 0 Å². The molecule has 0 heterocycles. The molecule has 28 heavy (non-hydrogen) atoms. The van der Waals surface area contributed by atoms with Gasteiger partial charge in [-0.15, -0.1) is 12.4 Å². The summed E-state index contributed by atoms with van der Waals surface area (Å²) in [5.74, 6) is 0.409. The summed E-state index contributed by atoms with van der Waals surface area (Å²) < 4.78 is 32.7. The number of anilines is 1. The minimum Gasteiger partial charge on any atom is -0.494 e. The van der Waals surface area contributed by atoms with Crippen molar-refractivity contribution in [3.05, 3.63) is 54.1 Å². The monoisotopic (exact) mass is 427 g/mol. The Balaban J connectivity index is 0.00000392. The van der Waals surface area contributed by atoms with Gasteiger partial charge in [0, 0.05) is 17.8 Å². The molecule has 0 aliphatic rings. The maximum atomic E-state index is 12.5. The van der Waals surface area contributed by atoms with Crippen LogP contribution in [-0.2, 0) is 10.0 Å². The van der Waals surface area contributed by atoms with Crippen molar-refractivity contribution in [1.29, 1.82) is 0 Å². The van der Waals surface area contributed by atoms with E-state index in [1.54, 1.807) is 36.4 Å². The van der Waals surface area contributed by atoms with E-state index in [1.807, 2.05) is 6.92 Å². The van der Waals surface area contributed by atoms with E-state index in [-0.39, 0.29) is 23.2 Å². The first-order valence-corrected chi connectivity index (χ1v) is 10.3. The van der Waals surface area contributed by atoms with E-state index in [1.165, 1.54) is 12.1 Å². The zero-order chi connectivity index (χ0) is 19.7. The van der Waals surface area contributed by atoms with E-state index in [2.05, 4.69) is 10.0 Å². The fraction of sp³-hybridized carbons (Fsp3) is 0.316. The van der Waals surface area contributed by atoms with Crippen LogP contribution >= 0.6 is 12.4 Å². The smallest absolute Gasteiger partial charge is 0.261 e. The fourth-order valence-electron chi connectivity index (χ4n) is 2.36. The summed E-state index contributed by atoms with van der Waals surface area (Å²) in [6.45, 7) is 3.52. The first kappa shape index (κ1) is 23.7. The highest BCUT2D eigenvalue weighted by atomic mass is 35.5. The van der Waals surface area contributed by atoms with Crippen LogP contribution in [0, 0.1) is 0 Å². The Labute approximate surface area is 172 Å². The van der Waals surface area contributed by atoms with Crippen molar-refractivity contribution in [2.24, 2.45) is 5.73 Å². The van der Waals surface area contributed by atoms with Crippen LogP contribution in [0.25, 0.3) is 0 Å². The number of ether oxygens (including phenoxy) is 1. The van der Waals surface area contributed by atoms with Crippen molar-refractivity contribution in [2.75, 3.05) is 24.4 Å². The molecule has 0 fully saturated rings. The number of hydrogen-bond donors (Lipinski definition) is 3. The van der Waals surface area contributed by atoms with Crippen LogP contribution in [0.2, 0.25) is 0 Å². The fourth-order valence-corrected chi connectivity index (χ4v) is 3.42. The third-order valence-corrected chi connectivity index (χ3v) is 5.16. The quantitative estimate of drug-likeness (QED) is 0.505. The summed E-state index contributed by atoms with van der Waals surface area (Å²) in [6.07, 6.45) is 1.68. The van der Waals surface area contributed by atoms with E-state index in [0.717, 1.165) is 12.8 Å². The summed E-state index contributed by atoms with van der Waals surface area (Å²) in [7, 11) is -3.72. The predicted octanol–water partition coefficient (Wildman–Crippen LogP) is 2.78. The van der Waals surface area contributed by atoms with Gasteiger partial charge in [0.1, 0.15) is 5.75 Å². The first-order valence-electron chi connectivity index (χ1n) is 8.80. The summed E-state index contributed by atoms with van der Waals surface area (Å²) >= 11 is 0. The Morgan fingerprint density at radius 1 is 1.04 bits per heavy atom. The first-order chi connectivity index (χ1) is 13.0. The highest BCUT2D eigenvalue weighted by molar-refractivity contribution is 7.92. The lowest BCUT2D eigenvalue weighted by atomic mass is 10.2. The average molecular weight is 428 g/mol. The maximum absolute atomic E-state index is 12.5. The summed E-state index contributed by atoms with van der Waals surface area (Å²) in [6, 6.07) is 12.4. The molecule has 0 unspecified atom stereocenters. The molecule has 1 amide bonds. The minimum absolute atomic E-state index is 0. The van der Waals surface area contributed by atoms with Gasteiger partial charge in [0.25, 0.3) is 15.9 Å². The number of nitrogens with two attached hydrogens (primary N) is 1. The molecule has 2 aromatic carbocycles. The largest absolute Gasteiger partial charge is 0.494 e. The van der Waals surface area contributed by atoms with Gasteiger partial charge < -0.3 is 15.8 Å².